The fourth-order valence-electron chi connectivity index (χ4n) is 0.723. The minimum Gasteiger partial charge on any atom is -0.423 e. The number of rotatable bonds is 1. The zero-order valence-electron chi connectivity index (χ0n) is 5.66. The summed E-state index contributed by atoms with van der Waals surface area (Å²) in [6.07, 6.45) is 0. The summed E-state index contributed by atoms with van der Waals surface area (Å²) in [6.45, 7) is 0. The molecule has 1 rings (SSSR count). The average Bonchev–Trinajstić information content (AvgIpc) is 1.94. The molecule has 0 heterocycles. The highest BCUT2D eigenvalue weighted by Crippen LogP contribution is 2.16. The predicted molar refractivity (Wildman–Crippen MR) is 48.4 cm³/mol. The monoisotopic (exact) mass is 215 g/mol. The first-order valence-electron chi connectivity index (χ1n) is 3.02. The first kappa shape index (κ1) is 8.58. The lowest BCUT2D eigenvalue weighted by Crippen LogP contribution is -2.29. The summed E-state index contributed by atoms with van der Waals surface area (Å²) in [5.74, 6) is 0. The molecule has 0 bridgehead atoms. The lowest BCUT2D eigenvalue weighted by molar-refractivity contribution is 0.426. The summed E-state index contributed by atoms with van der Waals surface area (Å²) in [5.41, 5.74) is 6.38. The van der Waals surface area contributed by atoms with Crippen molar-refractivity contribution in [1.29, 1.82) is 0 Å². The third-order valence-corrected chi connectivity index (χ3v) is 2.04. The average molecular weight is 216 g/mol. The van der Waals surface area contributed by atoms with Crippen molar-refractivity contribution in [3.05, 3.63) is 22.7 Å². The number of nitrogen functional groups attached to an aromatic ring is 1. The first-order chi connectivity index (χ1) is 5.11. The third-order valence-electron chi connectivity index (χ3n) is 1.32. The molecule has 4 N–H and O–H groups in total. The minimum atomic E-state index is -1.45. The van der Waals surface area contributed by atoms with Gasteiger partial charge in [0.1, 0.15) is 0 Å². The number of hydrogen-bond donors (Lipinski definition) is 3. The summed E-state index contributed by atoms with van der Waals surface area (Å²) in [6, 6.07) is 4.77. The van der Waals surface area contributed by atoms with Gasteiger partial charge in [-0.25, -0.2) is 0 Å². The molecule has 0 radical (unpaired) electrons. The van der Waals surface area contributed by atoms with E-state index < -0.39 is 7.12 Å². The molecule has 0 fully saturated rings. The zero-order valence-corrected chi connectivity index (χ0v) is 7.25. The number of benzene rings is 1. The SMILES string of the molecule is Nc1cc(B(O)O)ccc1Br. The van der Waals surface area contributed by atoms with Crippen LogP contribution >= 0.6 is 15.9 Å². The van der Waals surface area contributed by atoms with Crippen LogP contribution in [0.5, 0.6) is 0 Å². The molecule has 5 heteroatoms. The third kappa shape index (κ3) is 1.96. The minimum absolute atomic E-state index is 0.394. The molecule has 0 aromatic heterocycles. The quantitative estimate of drug-likeness (QED) is 0.446. The summed E-state index contributed by atoms with van der Waals surface area (Å²) < 4.78 is 0.752. The molecule has 0 aliphatic heterocycles. The lowest BCUT2D eigenvalue weighted by Gasteiger charge is -2.01. The fourth-order valence-corrected chi connectivity index (χ4v) is 0.969. The van der Waals surface area contributed by atoms with Gasteiger partial charge < -0.3 is 15.8 Å². The molecule has 1 aromatic rings. The van der Waals surface area contributed by atoms with Crippen molar-refractivity contribution in [2.75, 3.05) is 5.73 Å². The van der Waals surface area contributed by atoms with Crippen molar-refractivity contribution in [2.24, 2.45) is 0 Å². The van der Waals surface area contributed by atoms with Gasteiger partial charge in [-0.1, -0.05) is 6.07 Å². The van der Waals surface area contributed by atoms with Gasteiger partial charge in [0.25, 0.3) is 0 Å². The van der Waals surface area contributed by atoms with Gasteiger partial charge in [-0.15, -0.1) is 0 Å². The van der Waals surface area contributed by atoms with Crippen LogP contribution in [-0.4, -0.2) is 17.2 Å². The van der Waals surface area contributed by atoms with E-state index in [0.29, 0.717) is 11.2 Å². The van der Waals surface area contributed by atoms with E-state index >= 15 is 0 Å². The van der Waals surface area contributed by atoms with E-state index in [4.69, 9.17) is 15.8 Å². The molecule has 0 amide bonds. The molecule has 0 unspecified atom stereocenters. The van der Waals surface area contributed by atoms with Crippen LogP contribution < -0.4 is 11.2 Å². The van der Waals surface area contributed by atoms with Gasteiger partial charge in [0.05, 0.1) is 0 Å². The largest absolute Gasteiger partial charge is 0.488 e. The Morgan fingerprint density at radius 1 is 1.36 bits per heavy atom. The van der Waals surface area contributed by atoms with Crippen molar-refractivity contribution >= 4 is 34.2 Å². The lowest BCUT2D eigenvalue weighted by atomic mass is 9.80. The van der Waals surface area contributed by atoms with Crippen LogP contribution in [0.3, 0.4) is 0 Å². The van der Waals surface area contributed by atoms with Crippen molar-refractivity contribution in [3.8, 4) is 0 Å². The molecule has 0 saturated heterocycles. The normalized spacial score (nSPS) is 9.73. The molecule has 0 aliphatic rings. The van der Waals surface area contributed by atoms with Gasteiger partial charge in [-0.3, -0.25) is 0 Å². The summed E-state index contributed by atoms with van der Waals surface area (Å²) in [4.78, 5) is 0. The van der Waals surface area contributed by atoms with Crippen LogP contribution in [0.15, 0.2) is 22.7 Å². The Labute approximate surface area is 73.1 Å². The molecule has 11 heavy (non-hydrogen) atoms. The molecule has 0 aliphatic carbocycles. The first-order valence-corrected chi connectivity index (χ1v) is 3.81. The maximum atomic E-state index is 8.72. The molecule has 3 nitrogen and oxygen atoms in total. The van der Waals surface area contributed by atoms with E-state index in [-0.39, 0.29) is 0 Å². The van der Waals surface area contributed by atoms with E-state index in [0.717, 1.165) is 4.47 Å². The van der Waals surface area contributed by atoms with Gasteiger partial charge in [0, 0.05) is 10.2 Å². The van der Waals surface area contributed by atoms with Crippen LogP contribution in [0.2, 0.25) is 0 Å². The Bertz CT molecular complexity index is 267. The molecular weight excluding hydrogens is 209 g/mol. The van der Waals surface area contributed by atoms with Crippen LogP contribution in [0, 0.1) is 0 Å². The highest BCUT2D eigenvalue weighted by atomic mass is 79.9. The number of nitrogens with two attached hydrogens (primary N) is 1. The highest BCUT2D eigenvalue weighted by Gasteiger charge is 2.10. The molecule has 58 valence electrons. The molecule has 0 atom stereocenters. The highest BCUT2D eigenvalue weighted by molar-refractivity contribution is 9.10. The molecular formula is C6H7BBrNO2. The Balaban J connectivity index is 3.05. The van der Waals surface area contributed by atoms with Crippen LogP contribution in [-0.2, 0) is 0 Å². The summed E-state index contributed by atoms with van der Waals surface area (Å²) in [7, 11) is -1.45. The van der Waals surface area contributed by atoms with E-state index in [9.17, 15) is 0 Å². The van der Waals surface area contributed by atoms with E-state index in [1.54, 1.807) is 12.1 Å². The van der Waals surface area contributed by atoms with Gasteiger partial charge in [-0.05, 0) is 33.5 Å². The van der Waals surface area contributed by atoms with Gasteiger partial charge >= 0.3 is 7.12 Å². The second-order valence-corrected chi connectivity index (χ2v) is 3.01. The Morgan fingerprint density at radius 3 is 2.45 bits per heavy atom. The van der Waals surface area contributed by atoms with Gasteiger partial charge in [0.15, 0.2) is 0 Å². The summed E-state index contributed by atoms with van der Waals surface area (Å²) in [5, 5.41) is 17.4. The number of halogens is 1. The van der Waals surface area contributed by atoms with Gasteiger partial charge in [-0.2, -0.15) is 0 Å². The molecule has 0 spiro atoms. The second kappa shape index (κ2) is 3.25. The topological polar surface area (TPSA) is 66.5 Å². The number of hydrogen-bond acceptors (Lipinski definition) is 3. The Kier molecular flexibility index (Phi) is 2.54. The zero-order chi connectivity index (χ0) is 8.43. The summed E-state index contributed by atoms with van der Waals surface area (Å²) >= 11 is 3.19. The second-order valence-electron chi connectivity index (χ2n) is 2.15. The number of anilines is 1. The van der Waals surface area contributed by atoms with E-state index in [1.165, 1.54) is 6.07 Å². The molecule has 0 saturated carbocycles. The Hall–Kier alpha value is -0.515. The van der Waals surface area contributed by atoms with Crippen molar-refractivity contribution < 1.29 is 10.0 Å². The van der Waals surface area contributed by atoms with Crippen LogP contribution in [0.25, 0.3) is 0 Å². The van der Waals surface area contributed by atoms with Crippen molar-refractivity contribution in [1.82, 2.24) is 0 Å². The standard InChI is InChI=1S/C6H7BBrNO2/c8-5-2-1-4(7(10)11)3-6(5)9/h1-3,10-11H,9H2. The van der Waals surface area contributed by atoms with Crippen molar-refractivity contribution in [2.45, 2.75) is 0 Å². The Morgan fingerprint density at radius 2 is 2.00 bits per heavy atom. The van der Waals surface area contributed by atoms with E-state index in [2.05, 4.69) is 15.9 Å². The van der Waals surface area contributed by atoms with E-state index in [1.807, 2.05) is 0 Å². The molecule has 1 aromatic carbocycles. The smallest absolute Gasteiger partial charge is 0.423 e. The van der Waals surface area contributed by atoms with Crippen LogP contribution in [0.1, 0.15) is 0 Å². The van der Waals surface area contributed by atoms with Crippen LogP contribution in [0.4, 0.5) is 5.69 Å². The van der Waals surface area contributed by atoms with Gasteiger partial charge in [0.2, 0.25) is 0 Å². The fraction of sp³-hybridized carbons (Fsp3) is 0. The predicted octanol–water partition coefficient (Wildman–Crippen LogP) is -0.289. The maximum absolute atomic E-state index is 8.72. The maximum Gasteiger partial charge on any atom is 0.488 e. The van der Waals surface area contributed by atoms with Crippen molar-refractivity contribution in [3.63, 3.8) is 0 Å².